The summed E-state index contributed by atoms with van der Waals surface area (Å²) in [7, 11) is 0. The minimum Gasteiger partial charge on any atom is -0.368 e. The molecule has 2 aromatic rings. The number of hydrazine groups is 1. The Labute approximate surface area is 131 Å². The minimum absolute atomic E-state index is 0.0131. The van der Waals surface area contributed by atoms with E-state index in [1.165, 1.54) is 11.3 Å². The molecule has 112 valence electrons. The van der Waals surface area contributed by atoms with Gasteiger partial charge in [0.2, 0.25) is 0 Å². The second kappa shape index (κ2) is 7.48. The SMILES string of the molecule is C1=CCCC(NC(NNc2ccccc2)c2ccccc2)=C1. The van der Waals surface area contributed by atoms with Crippen LogP contribution in [-0.4, -0.2) is 0 Å². The fourth-order valence-electron chi connectivity index (χ4n) is 2.43. The molecule has 0 bridgehead atoms. The zero-order valence-corrected chi connectivity index (χ0v) is 12.5. The quantitative estimate of drug-likeness (QED) is 0.553. The van der Waals surface area contributed by atoms with Crippen molar-refractivity contribution in [1.82, 2.24) is 10.7 Å². The van der Waals surface area contributed by atoms with E-state index in [1.807, 2.05) is 36.4 Å². The number of allylic oxidation sites excluding steroid dienone is 4. The average Bonchev–Trinajstić information content (AvgIpc) is 2.61. The van der Waals surface area contributed by atoms with Crippen molar-refractivity contribution in [3.05, 3.63) is 90.2 Å². The predicted molar refractivity (Wildman–Crippen MR) is 92.0 cm³/mol. The van der Waals surface area contributed by atoms with E-state index in [9.17, 15) is 0 Å². The highest BCUT2D eigenvalue weighted by Gasteiger charge is 2.12. The lowest BCUT2D eigenvalue weighted by molar-refractivity contribution is 0.507. The summed E-state index contributed by atoms with van der Waals surface area (Å²) in [5, 5.41) is 3.58. The van der Waals surface area contributed by atoms with Crippen LogP contribution in [0.5, 0.6) is 0 Å². The molecule has 1 atom stereocenters. The largest absolute Gasteiger partial charge is 0.368 e. The molecule has 0 aromatic heterocycles. The Hall–Kier alpha value is -2.52. The number of hydrogen-bond donors (Lipinski definition) is 3. The molecule has 3 nitrogen and oxygen atoms in total. The first-order chi connectivity index (χ1) is 10.9. The van der Waals surface area contributed by atoms with Crippen LogP contribution in [0.4, 0.5) is 5.69 Å². The van der Waals surface area contributed by atoms with Crippen molar-refractivity contribution in [2.75, 3.05) is 5.43 Å². The molecule has 0 saturated carbocycles. The van der Waals surface area contributed by atoms with Crippen molar-refractivity contribution in [1.29, 1.82) is 0 Å². The van der Waals surface area contributed by atoms with E-state index in [-0.39, 0.29) is 6.17 Å². The second-order valence-corrected chi connectivity index (χ2v) is 5.28. The predicted octanol–water partition coefficient (Wildman–Crippen LogP) is 4.13. The van der Waals surface area contributed by atoms with Crippen molar-refractivity contribution in [2.45, 2.75) is 19.0 Å². The summed E-state index contributed by atoms with van der Waals surface area (Å²) in [6, 6.07) is 20.5. The molecule has 0 heterocycles. The molecule has 0 radical (unpaired) electrons. The van der Waals surface area contributed by atoms with Crippen LogP contribution in [0, 0.1) is 0 Å². The molecule has 0 fully saturated rings. The lowest BCUT2D eigenvalue weighted by Gasteiger charge is -2.25. The minimum atomic E-state index is 0.0131. The van der Waals surface area contributed by atoms with Gasteiger partial charge in [0.05, 0.1) is 0 Å². The van der Waals surface area contributed by atoms with Gasteiger partial charge in [-0.1, -0.05) is 60.7 Å². The summed E-state index contributed by atoms with van der Waals surface area (Å²) < 4.78 is 0. The van der Waals surface area contributed by atoms with Crippen molar-refractivity contribution < 1.29 is 0 Å². The van der Waals surface area contributed by atoms with Gasteiger partial charge < -0.3 is 10.7 Å². The molecule has 0 spiro atoms. The molecule has 1 unspecified atom stereocenters. The van der Waals surface area contributed by atoms with Gasteiger partial charge in [0.1, 0.15) is 6.17 Å². The lowest BCUT2D eigenvalue weighted by Crippen LogP contribution is -2.37. The molecule has 3 N–H and O–H groups in total. The summed E-state index contributed by atoms with van der Waals surface area (Å²) in [5.41, 5.74) is 10.1. The van der Waals surface area contributed by atoms with Gasteiger partial charge in [0.25, 0.3) is 0 Å². The van der Waals surface area contributed by atoms with Crippen LogP contribution in [0.3, 0.4) is 0 Å². The Bertz CT molecular complexity index is 632. The van der Waals surface area contributed by atoms with Gasteiger partial charge in [-0.2, -0.15) is 0 Å². The molecule has 0 amide bonds. The van der Waals surface area contributed by atoms with Gasteiger partial charge in [0.15, 0.2) is 0 Å². The zero-order valence-electron chi connectivity index (χ0n) is 12.5. The van der Waals surface area contributed by atoms with E-state index in [0.717, 1.165) is 18.5 Å². The maximum Gasteiger partial charge on any atom is 0.120 e. The van der Waals surface area contributed by atoms with Crippen LogP contribution >= 0.6 is 0 Å². The van der Waals surface area contributed by atoms with Crippen LogP contribution in [-0.2, 0) is 0 Å². The zero-order chi connectivity index (χ0) is 15.0. The van der Waals surface area contributed by atoms with E-state index in [1.54, 1.807) is 0 Å². The maximum atomic E-state index is 3.58. The second-order valence-electron chi connectivity index (χ2n) is 5.28. The van der Waals surface area contributed by atoms with Crippen LogP contribution in [0.15, 0.2) is 84.6 Å². The Kier molecular flexibility index (Phi) is 4.90. The van der Waals surface area contributed by atoms with Gasteiger partial charge in [-0.3, -0.25) is 0 Å². The van der Waals surface area contributed by atoms with Gasteiger partial charge in [-0.05, 0) is 36.6 Å². The fourth-order valence-corrected chi connectivity index (χ4v) is 2.43. The van der Waals surface area contributed by atoms with Gasteiger partial charge in [-0.15, -0.1) is 0 Å². The smallest absolute Gasteiger partial charge is 0.120 e. The number of hydrogen-bond acceptors (Lipinski definition) is 3. The highest BCUT2D eigenvalue weighted by atomic mass is 15.4. The molecule has 0 saturated heterocycles. The Morgan fingerprint density at radius 1 is 0.864 bits per heavy atom. The van der Waals surface area contributed by atoms with Crippen LogP contribution in [0.1, 0.15) is 24.6 Å². The molecule has 0 aliphatic heterocycles. The van der Waals surface area contributed by atoms with E-state index in [0.29, 0.717) is 0 Å². The maximum absolute atomic E-state index is 3.58. The van der Waals surface area contributed by atoms with Crippen molar-refractivity contribution in [2.24, 2.45) is 0 Å². The highest BCUT2D eigenvalue weighted by Crippen LogP contribution is 2.16. The summed E-state index contributed by atoms with van der Waals surface area (Å²) in [6.07, 6.45) is 8.60. The number of anilines is 1. The third-order valence-electron chi connectivity index (χ3n) is 3.61. The van der Waals surface area contributed by atoms with Crippen molar-refractivity contribution in [3.63, 3.8) is 0 Å². The topological polar surface area (TPSA) is 36.1 Å². The molecule has 3 rings (SSSR count). The first kappa shape index (κ1) is 14.4. The first-order valence-electron chi connectivity index (χ1n) is 7.65. The lowest BCUT2D eigenvalue weighted by atomic mass is 10.1. The van der Waals surface area contributed by atoms with Crippen LogP contribution in [0.25, 0.3) is 0 Å². The highest BCUT2D eigenvalue weighted by molar-refractivity contribution is 5.41. The summed E-state index contributed by atoms with van der Waals surface area (Å²) in [6.45, 7) is 0. The number of rotatable bonds is 6. The van der Waals surface area contributed by atoms with Gasteiger partial charge >= 0.3 is 0 Å². The fraction of sp³-hybridized carbons (Fsp3) is 0.158. The average molecular weight is 291 g/mol. The van der Waals surface area contributed by atoms with E-state index in [2.05, 4.69) is 58.7 Å². The molecule has 22 heavy (non-hydrogen) atoms. The van der Waals surface area contributed by atoms with Crippen molar-refractivity contribution in [3.8, 4) is 0 Å². The molecule has 3 heteroatoms. The first-order valence-corrected chi connectivity index (χ1v) is 7.65. The van der Waals surface area contributed by atoms with Crippen LogP contribution < -0.4 is 16.2 Å². The van der Waals surface area contributed by atoms with E-state index >= 15 is 0 Å². The van der Waals surface area contributed by atoms with E-state index < -0.39 is 0 Å². The summed E-state index contributed by atoms with van der Waals surface area (Å²) in [5.74, 6) is 0. The molecular weight excluding hydrogens is 270 g/mol. The molecular formula is C19H21N3. The monoisotopic (exact) mass is 291 g/mol. The third-order valence-corrected chi connectivity index (χ3v) is 3.61. The van der Waals surface area contributed by atoms with Gasteiger partial charge in [0, 0.05) is 11.4 Å². The summed E-state index contributed by atoms with van der Waals surface area (Å²) in [4.78, 5) is 0. The Morgan fingerprint density at radius 3 is 2.27 bits per heavy atom. The standard InChI is InChI=1S/C19H21N3/c1-4-10-16(11-5-1)19(20-17-12-6-2-7-13-17)22-21-18-14-8-3-9-15-18/h1-6,8-12,14-15,19-22H,7,13H2. The third kappa shape index (κ3) is 3.99. The summed E-state index contributed by atoms with van der Waals surface area (Å²) >= 11 is 0. The normalized spacial score (nSPS) is 15.0. The Morgan fingerprint density at radius 2 is 1.59 bits per heavy atom. The van der Waals surface area contributed by atoms with Crippen molar-refractivity contribution >= 4 is 5.69 Å². The van der Waals surface area contributed by atoms with E-state index in [4.69, 9.17) is 0 Å². The van der Waals surface area contributed by atoms with Crippen LogP contribution in [0.2, 0.25) is 0 Å². The Balaban J connectivity index is 1.71. The number of para-hydroxylation sites is 1. The number of nitrogens with one attached hydrogen (secondary N) is 3. The molecule has 1 aliphatic carbocycles. The molecule has 1 aliphatic rings. The molecule has 2 aromatic carbocycles. The number of benzene rings is 2. The van der Waals surface area contributed by atoms with Gasteiger partial charge in [-0.25, -0.2) is 5.43 Å².